The van der Waals surface area contributed by atoms with Crippen molar-refractivity contribution < 1.29 is 8.42 Å². The number of rotatable bonds is 4. The van der Waals surface area contributed by atoms with Gasteiger partial charge in [0, 0.05) is 24.3 Å². The second-order valence-corrected chi connectivity index (χ2v) is 6.71. The Bertz CT molecular complexity index is 714. The Hall–Kier alpha value is -1.95. The average molecular weight is 291 g/mol. The zero-order valence-corrected chi connectivity index (χ0v) is 12.5. The van der Waals surface area contributed by atoms with Gasteiger partial charge < -0.3 is 5.32 Å². The van der Waals surface area contributed by atoms with E-state index < -0.39 is 9.84 Å². The Morgan fingerprint density at radius 1 is 1.20 bits per heavy atom. The van der Waals surface area contributed by atoms with Crippen LogP contribution in [-0.2, 0) is 9.84 Å². The highest BCUT2D eigenvalue weighted by Crippen LogP contribution is 2.21. The number of hydrogen-bond acceptors (Lipinski definition) is 5. The summed E-state index contributed by atoms with van der Waals surface area (Å²) >= 11 is 0. The van der Waals surface area contributed by atoms with Crippen molar-refractivity contribution in [2.24, 2.45) is 0 Å². The summed E-state index contributed by atoms with van der Waals surface area (Å²) in [6, 6.07) is 6.70. The third-order valence-electron chi connectivity index (χ3n) is 2.97. The minimum absolute atomic E-state index is 0.0569. The highest BCUT2D eigenvalue weighted by atomic mass is 32.2. The van der Waals surface area contributed by atoms with Crippen molar-refractivity contribution in [1.82, 2.24) is 9.97 Å². The Morgan fingerprint density at radius 3 is 2.55 bits per heavy atom. The molecule has 1 N–H and O–H groups in total. The summed E-state index contributed by atoms with van der Waals surface area (Å²) in [6.07, 6.45) is 4.49. The molecule has 6 heteroatoms. The molecule has 1 unspecified atom stereocenters. The fraction of sp³-hybridized carbons (Fsp3) is 0.286. The van der Waals surface area contributed by atoms with Crippen LogP contribution in [0.2, 0.25) is 0 Å². The lowest BCUT2D eigenvalue weighted by atomic mass is 10.2. The number of benzene rings is 1. The SMILES string of the molecule is Cc1nccnc1C(C)Nc1cccc(S(C)(=O)=O)c1. The standard InChI is InChI=1S/C14H17N3O2S/c1-10-14(16-8-7-15-10)11(2)17-12-5-4-6-13(9-12)20(3,18)19/h4-9,11,17H,1-3H3. The lowest BCUT2D eigenvalue weighted by Gasteiger charge is -2.16. The highest BCUT2D eigenvalue weighted by molar-refractivity contribution is 7.90. The van der Waals surface area contributed by atoms with Gasteiger partial charge in [-0.1, -0.05) is 6.07 Å². The molecule has 0 saturated carbocycles. The normalized spacial score (nSPS) is 12.9. The van der Waals surface area contributed by atoms with E-state index >= 15 is 0 Å². The predicted molar refractivity (Wildman–Crippen MR) is 78.4 cm³/mol. The fourth-order valence-corrected chi connectivity index (χ4v) is 2.65. The molecule has 1 aromatic heterocycles. The first-order chi connectivity index (χ1) is 9.38. The van der Waals surface area contributed by atoms with E-state index in [4.69, 9.17) is 0 Å². The summed E-state index contributed by atoms with van der Waals surface area (Å²) in [5, 5.41) is 3.24. The van der Waals surface area contributed by atoms with Crippen LogP contribution in [0.15, 0.2) is 41.6 Å². The van der Waals surface area contributed by atoms with Crippen LogP contribution in [0.4, 0.5) is 5.69 Å². The molecule has 1 atom stereocenters. The molecule has 1 heterocycles. The first kappa shape index (κ1) is 14.5. The Balaban J connectivity index is 2.25. The molecule has 0 aliphatic rings. The first-order valence-electron chi connectivity index (χ1n) is 6.22. The number of sulfone groups is 1. The van der Waals surface area contributed by atoms with E-state index in [1.54, 1.807) is 30.6 Å². The molecule has 2 aromatic rings. The summed E-state index contributed by atoms with van der Waals surface area (Å²) in [7, 11) is -3.20. The van der Waals surface area contributed by atoms with Gasteiger partial charge in [0.05, 0.1) is 22.3 Å². The van der Waals surface area contributed by atoms with Crippen LogP contribution in [0.1, 0.15) is 24.4 Å². The van der Waals surface area contributed by atoms with Gasteiger partial charge in [-0.15, -0.1) is 0 Å². The third kappa shape index (κ3) is 3.33. The molecular weight excluding hydrogens is 274 g/mol. The number of aromatic nitrogens is 2. The second kappa shape index (κ2) is 5.58. The summed E-state index contributed by atoms with van der Waals surface area (Å²) < 4.78 is 23.1. The summed E-state index contributed by atoms with van der Waals surface area (Å²) in [4.78, 5) is 8.80. The van der Waals surface area contributed by atoms with E-state index in [9.17, 15) is 8.42 Å². The molecule has 0 fully saturated rings. The maximum Gasteiger partial charge on any atom is 0.175 e. The number of nitrogens with zero attached hydrogens (tertiary/aromatic N) is 2. The van der Waals surface area contributed by atoms with Gasteiger partial charge in [0.25, 0.3) is 0 Å². The topological polar surface area (TPSA) is 72.0 Å². The predicted octanol–water partition coefficient (Wildman–Crippen LogP) is 2.36. The molecule has 0 radical (unpaired) electrons. The molecule has 1 aromatic carbocycles. The quantitative estimate of drug-likeness (QED) is 0.936. The van der Waals surface area contributed by atoms with E-state index in [0.29, 0.717) is 4.90 Å². The maximum atomic E-state index is 11.5. The zero-order valence-electron chi connectivity index (χ0n) is 11.7. The van der Waals surface area contributed by atoms with Crippen molar-refractivity contribution in [3.8, 4) is 0 Å². The van der Waals surface area contributed by atoms with E-state index in [1.807, 2.05) is 19.9 Å². The number of hydrogen-bond donors (Lipinski definition) is 1. The lowest BCUT2D eigenvalue weighted by molar-refractivity contribution is 0.602. The maximum absolute atomic E-state index is 11.5. The molecule has 20 heavy (non-hydrogen) atoms. The minimum Gasteiger partial charge on any atom is -0.377 e. The van der Waals surface area contributed by atoms with Crippen LogP contribution >= 0.6 is 0 Å². The minimum atomic E-state index is -3.20. The molecule has 0 aliphatic heterocycles. The van der Waals surface area contributed by atoms with Crippen molar-refractivity contribution in [3.05, 3.63) is 48.0 Å². The average Bonchev–Trinajstić information content (AvgIpc) is 2.38. The van der Waals surface area contributed by atoms with Crippen molar-refractivity contribution in [2.75, 3.05) is 11.6 Å². The van der Waals surface area contributed by atoms with Gasteiger partial charge in [-0.3, -0.25) is 9.97 Å². The molecule has 0 bridgehead atoms. The van der Waals surface area contributed by atoms with Gasteiger partial charge in [0.1, 0.15) is 0 Å². The van der Waals surface area contributed by atoms with Crippen LogP contribution in [0.25, 0.3) is 0 Å². The molecule has 0 spiro atoms. The van der Waals surface area contributed by atoms with Crippen LogP contribution in [0.3, 0.4) is 0 Å². The van der Waals surface area contributed by atoms with Crippen LogP contribution < -0.4 is 5.32 Å². The van der Waals surface area contributed by atoms with E-state index in [1.165, 1.54) is 6.26 Å². The van der Waals surface area contributed by atoms with Gasteiger partial charge in [0.15, 0.2) is 9.84 Å². The smallest absolute Gasteiger partial charge is 0.175 e. The van der Waals surface area contributed by atoms with Crippen molar-refractivity contribution in [1.29, 1.82) is 0 Å². The van der Waals surface area contributed by atoms with E-state index in [-0.39, 0.29) is 6.04 Å². The van der Waals surface area contributed by atoms with Gasteiger partial charge in [-0.2, -0.15) is 0 Å². The molecule has 0 saturated heterocycles. The van der Waals surface area contributed by atoms with Gasteiger partial charge in [-0.25, -0.2) is 8.42 Å². The monoisotopic (exact) mass is 291 g/mol. The molecular formula is C14H17N3O2S. The molecule has 2 rings (SSSR count). The van der Waals surface area contributed by atoms with E-state index in [0.717, 1.165) is 17.1 Å². The van der Waals surface area contributed by atoms with Crippen molar-refractivity contribution >= 4 is 15.5 Å². The van der Waals surface area contributed by atoms with Gasteiger partial charge >= 0.3 is 0 Å². The van der Waals surface area contributed by atoms with E-state index in [2.05, 4.69) is 15.3 Å². The number of anilines is 1. The largest absolute Gasteiger partial charge is 0.377 e. The number of aryl methyl sites for hydroxylation is 1. The lowest BCUT2D eigenvalue weighted by Crippen LogP contribution is -2.11. The van der Waals surface area contributed by atoms with Gasteiger partial charge in [0.2, 0.25) is 0 Å². The fourth-order valence-electron chi connectivity index (χ4n) is 1.98. The van der Waals surface area contributed by atoms with Crippen molar-refractivity contribution in [3.63, 3.8) is 0 Å². The molecule has 106 valence electrons. The summed E-state index contributed by atoms with van der Waals surface area (Å²) in [5.41, 5.74) is 2.44. The number of nitrogens with one attached hydrogen (secondary N) is 1. The third-order valence-corrected chi connectivity index (χ3v) is 4.08. The molecule has 0 amide bonds. The molecule has 0 aliphatic carbocycles. The Morgan fingerprint density at radius 2 is 1.90 bits per heavy atom. The zero-order chi connectivity index (χ0) is 14.8. The Kier molecular flexibility index (Phi) is 4.04. The first-order valence-corrected chi connectivity index (χ1v) is 8.11. The van der Waals surface area contributed by atoms with Crippen LogP contribution in [-0.4, -0.2) is 24.6 Å². The van der Waals surface area contributed by atoms with Gasteiger partial charge in [-0.05, 0) is 32.0 Å². The van der Waals surface area contributed by atoms with Crippen LogP contribution in [0.5, 0.6) is 0 Å². The van der Waals surface area contributed by atoms with Crippen LogP contribution in [0, 0.1) is 6.92 Å². The van der Waals surface area contributed by atoms with Crippen molar-refractivity contribution in [2.45, 2.75) is 24.8 Å². The highest BCUT2D eigenvalue weighted by Gasteiger charge is 2.12. The second-order valence-electron chi connectivity index (χ2n) is 4.69. The summed E-state index contributed by atoms with van der Waals surface area (Å²) in [6.45, 7) is 3.86. The Labute approximate surface area is 119 Å². The molecule has 5 nitrogen and oxygen atoms in total. The summed E-state index contributed by atoms with van der Waals surface area (Å²) in [5.74, 6) is 0.